The van der Waals surface area contributed by atoms with Gasteiger partial charge in [-0.25, -0.2) is 4.98 Å². The third-order valence-corrected chi connectivity index (χ3v) is 3.65. The van der Waals surface area contributed by atoms with Crippen molar-refractivity contribution >= 4 is 17.5 Å². The molecule has 0 saturated carbocycles. The first kappa shape index (κ1) is 16.5. The van der Waals surface area contributed by atoms with Gasteiger partial charge in [0.05, 0.1) is 7.11 Å². The van der Waals surface area contributed by atoms with Crippen molar-refractivity contribution in [1.29, 1.82) is 5.41 Å². The number of aromatic nitrogens is 1. The molecule has 5 nitrogen and oxygen atoms in total. The van der Waals surface area contributed by atoms with Crippen molar-refractivity contribution in [2.24, 2.45) is 0 Å². The highest BCUT2D eigenvalue weighted by Crippen LogP contribution is 2.15. The maximum atomic E-state index is 8.02. The number of guanidine groups is 1. The molecule has 5 heteroatoms. The second-order valence-corrected chi connectivity index (χ2v) is 5.53. The van der Waals surface area contributed by atoms with E-state index in [1.165, 1.54) is 0 Å². The fraction of sp³-hybridized carbons (Fsp3) is 0.100. The predicted molar refractivity (Wildman–Crippen MR) is 101 cm³/mol. The van der Waals surface area contributed by atoms with Gasteiger partial charge in [-0.05, 0) is 42.0 Å². The molecule has 0 atom stereocenters. The standard InChI is InChI=1S/C20H20N4O/c1-25-18-12-10-15(11-13-18)14-17-8-5-9-19(22-17)24-20(21)23-16-6-3-2-4-7-16/h2-13H,14H2,1H3,(H3,21,22,23,24). The SMILES string of the molecule is COc1ccc(Cc2cccc(NC(=N)Nc3ccccc3)n2)cc1. The van der Waals surface area contributed by atoms with Crippen LogP contribution in [0.1, 0.15) is 11.3 Å². The average Bonchev–Trinajstić information content (AvgIpc) is 2.63. The van der Waals surface area contributed by atoms with Crippen molar-refractivity contribution < 1.29 is 4.74 Å². The van der Waals surface area contributed by atoms with Crippen LogP contribution in [0.5, 0.6) is 5.75 Å². The molecule has 126 valence electrons. The van der Waals surface area contributed by atoms with E-state index in [1.807, 2.05) is 72.8 Å². The van der Waals surface area contributed by atoms with Crippen LogP contribution in [0.25, 0.3) is 0 Å². The highest BCUT2D eigenvalue weighted by atomic mass is 16.5. The maximum absolute atomic E-state index is 8.02. The first-order valence-electron chi connectivity index (χ1n) is 7.99. The van der Waals surface area contributed by atoms with Gasteiger partial charge in [0, 0.05) is 17.8 Å². The van der Waals surface area contributed by atoms with E-state index in [0.29, 0.717) is 5.82 Å². The fourth-order valence-corrected chi connectivity index (χ4v) is 2.43. The summed E-state index contributed by atoms with van der Waals surface area (Å²) in [6.07, 6.45) is 0.721. The van der Waals surface area contributed by atoms with Gasteiger partial charge >= 0.3 is 0 Å². The predicted octanol–water partition coefficient (Wildman–Crippen LogP) is 4.14. The highest BCUT2D eigenvalue weighted by molar-refractivity contribution is 6.00. The van der Waals surface area contributed by atoms with Crippen LogP contribution in [-0.2, 0) is 6.42 Å². The molecule has 25 heavy (non-hydrogen) atoms. The molecular formula is C20H20N4O. The van der Waals surface area contributed by atoms with Gasteiger partial charge in [0.2, 0.25) is 0 Å². The minimum Gasteiger partial charge on any atom is -0.497 e. The average molecular weight is 332 g/mol. The van der Waals surface area contributed by atoms with Crippen molar-refractivity contribution in [3.05, 3.63) is 84.1 Å². The second kappa shape index (κ2) is 7.97. The van der Waals surface area contributed by atoms with Gasteiger partial charge in [-0.2, -0.15) is 0 Å². The van der Waals surface area contributed by atoms with Gasteiger partial charge in [0.15, 0.2) is 5.96 Å². The van der Waals surface area contributed by atoms with E-state index in [1.54, 1.807) is 7.11 Å². The number of methoxy groups -OCH3 is 1. The summed E-state index contributed by atoms with van der Waals surface area (Å²) < 4.78 is 5.17. The molecule has 3 N–H and O–H groups in total. The molecule has 0 amide bonds. The quantitative estimate of drug-likeness (QED) is 0.485. The Hall–Kier alpha value is -3.34. The summed E-state index contributed by atoms with van der Waals surface area (Å²) in [6.45, 7) is 0. The summed E-state index contributed by atoms with van der Waals surface area (Å²) in [5.41, 5.74) is 2.94. The largest absolute Gasteiger partial charge is 0.497 e. The Labute approximate surface area is 147 Å². The van der Waals surface area contributed by atoms with Gasteiger partial charge in [0.1, 0.15) is 11.6 Å². The van der Waals surface area contributed by atoms with Crippen LogP contribution in [0.15, 0.2) is 72.8 Å². The van der Waals surface area contributed by atoms with Gasteiger partial charge in [0.25, 0.3) is 0 Å². The Morgan fingerprint density at radius 1 is 0.920 bits per heavy atom. The van der Waals surface area contributed by atoms with E-state index in [0.717, 1.165) is 29.1 Å². The zero-order valence-electron chi connectivity index (χ0n) is 14.0. The van der Waals surface area contributed by atoms with Gasteiger partial charge in [-0.1, -0.05) is 36.4 Å². The number of rotatable bonds is 5. The minimum absolute atomic E-state index is 0.181. The number of anilines is 2. The number of hydrogen-bond donors (Lipinski definition) is 3. The van der Waals surface area contributed by atoms with Crippen LogP contribution >= 0.6 is 0 Å². The Morgan fingerprint density at radius 3 is 2.40 bits per heavy atom. The molecule has 0 fully saturated rings. The van der Waals surface area contributed by atoms with Crippen LogP contribution < -0.4 is 15.4 Å². The lowest BCUT2D eigenvalue weighted by molar-refractivity contribution is 0.414. The monoisotopic (exact) mass is 332 g/mol. The number of benzene rings is 2. The third-order valence-electron chi connectivity index (χ3n) is 3.65. The number of ether oxygens (including phenoxy) is 1. The molecule has 1 aromatic heterocycles. The maximum Gasteiger partial charge on any atom is 0.198 e. The Kier molecular flexibility index (Phi) is 5.26. The summed E-state index contributed by atoms with van der Waals surface area (Å²) in [4.78, 5) is 4.57. The highest BCUT2D eigenvalue weighted by Gasteiger charge is 2.03. The number of pyridine rings is 1. The summed E-state index contributed by atoms with van der Waals surface area (Å²) in [5, 5.41) is 14.0. The third kappa shape index (κ3) is 4.81. The molecule has 3 aromatic rings. The Balaban J connectivity index is 1.63. The fourth-order valence-electron chi connectivity index (χ4n) is 2.43. The molecule has 0 spiro atoms. The normalized spacial score (nSPS) is 10.1. The Morgan fingerprint density at radius 2 is 1.68 bits per heavy atom. The molecular weight excluding hydrogens is 312 g/mol. The van der Waals surface area contributed by atoms with Crippen LogP contribution in [0.4, 0.5) is 11.5 Å². The zero-order chi connectivity index (χ0) is 17.5. The lowest BCUT2D eigenvalue weighted by atomic mass is 10.1. The first-order valence-corrected chi connectivity index (χ1v) is 7.99. The van der Waals surface area contributed by atoms with E-state index in [9.17, 15) is 0 Å². The van der Waals surface area contributed by atoms with Crippen molar-refractivity contribution in [2.45, 2.75) is 6.42 Å². The van der Waals surface area contributed by atoms with E-state index in [4.69, 9.17) is 10.1 Å². The molecule has 0 aliphatic heterocycles. The smallest absolute Gasteiger partial charge is 0.198 e. The van der Waals surface area contributed by atoms with E-state index in [2.05, 4.69) is 15.6 Å². The minimum atomic E-state index is 0.181. The second-order valence-electron chi connectivity index (χ2n) is 5.53. The molecule has 0 saturated heterocycles. The van der Waals surface area contributed by atoms with Crippen LogP contribution in [0, 0.1) is 5.41 Å². The number of para-hydroxylation sites is 1. The molecule has 0 aliphatic rings. The van der Waals surface area contributed by atoms with Crippen molar-refractivity contribution in [3.8, 4) is 5.75 Å². The van der Waals surface area contributed by atoms with Crippen LogP contribution in [-0.4, -0.2) is 18.1 Å². The lowest BCUT2D eigenvalue weighted by Gasteiger charge is -2.11. The molecule has 0 radical (unpaired) electrons. The molecule has 0 unspecified atom stereocenters. The summed E-state index contributed by atoms with van der Waals surface area (Å²) in [7, 11) is 1.66. The van der Waals surface area contributed by atoms with Crippen LogP contribution in [0.2, 0.25) is 0 Å². The lowest BCUT2D eigenvalue weighted by Crippen LogP contribution is -2.21. The van der Waals surface area contributed by atoms with Gasteiger partial charge in [-0.3, -0.25) is 5.41 Å². The molecule has 2 aromatic carbocycles. The summed E-state index contributed by atoms with van der Waals surface area (Å²) >= 11 is 0. The first-order chi connectivity index (χ1) is 12.2. The van der Waals surface area contributed by atoms with E-state index in [-0.39, 0.29) is 5.96 Å². The Bertz CT molecular complexity index is 832. The molecule has 1 heterocycles. The van der Waals surface area contributed by atoms with Gasteiger partial charge < -0.3 is 15.4 Å². The topological polar surface area (TPSA) is 70.0 Å². The molecule has 0 bridgehead atoms. The van der Waals surface area contributed by atoms with Crippen molar-refractivity contribution in [2.75, 3.05) is 17.7 Å². The summed E-state index contributed by atoms with van der Waals surface area (Å²) in [6, 6.07) is 23.3. The number of hydrogen-bond acceptors (Lipinski definition) is 3. The van der Waals surface area contributed by atoms with Crippen molar-refractivity contribution in [1.82, 2.24) is 4.98 Å². The van der Waals surface area contributed by atoms with Gasteiger partial charge in [-0.15, -0.1) is 0 Å². The zero-order valence-corrected chi connectivity index (χ0v) is 14.0. The molecule has 3 rings (SSSR count). The molecule has 0 aliphatic carbocycles. The van der Waals surface area contributed by atoms with Crippen LogP contribution in [0.3, 0.4) is 0 Å². The van der Waals surface area contributed by atoms with Crippen molar-refractivity contribution in [3.63, 3.8) is 0 Å². The van der Waals surface area contributed by atoms with E-state index < -0.39 is 0 Å². The number of nitrogens with one attached hydrogen (secondary N) is 3. The number of nitrogens with zero attached hydrogens (tertiary/aromatic N) is 1. The van der Waals surface area contributed by atoms with E-state index >= 15 is 0 Å². The summed E-state index contributed by atoms with van der Waals surface area (Å²) in [5.74, 6) is 1.66.